The average Bonchev–Trinajstić information content (AvgIpc) is 2.70. The Balaban J connectivity index is 1.82. The van der Waals surface area contributed by atoms with Crippen molar-refractivity contribution in [2.45, 2.75) is 13.8 Å². The summed E-state index contributed by atoms with van der Waals surface area (Å²) in [5, 5.41) is 2.00. The smallest absolute Gasteiger partial charge is 0.338 e. The summed E-state index contributed by atoms with van der Waals surface area (Å²) in [7, 11) is 1.37. The van der Waals surface area contributed by atoms with E-state index in [4.69, 9.17) is 9.47 Å². The lowest BCUT2D eigenvalue weighted by molar-refractivity contribution is 0.0458. The molecule has 0 radical (unpaired) electrons. The largest absolute Gasteiger partial charge is 0.465 e. The highest BCUT2D eigenvalue weighted by Crippen LogP contribution is 2.26. The van der Waals surface area contributed by atoms with Gasteiger partial charge in [0.1, 0.15) is 0 Å². The van der Waals surface area contributed by atoms with Crippen LogP contribution in [0.3, 0.4) is 0 Å². The van der Waals surface area contributed by atoms with Crippen LogP contribution in [0.1, 0.15) is 34.6 Å². The van der Waals surface area contributed by atoms with Gasteiger partial charge in [0.2, 0.25) is 0 Å². The first-order chi connectivity index (χ1) is 13.0. The van der Waals surface area contributed by atoms with E-state index in [1.165, 1.54) is 7.11 Å². The lowest BCUT2D eigenvalue weighted by Crippen LogP contribution is -2.09. The predicted octanol–water partition coefficient (Wildman–Crippen LogP) is 5.11. The summed E-state index contributed by atoms with van der Waals surface area (Å²) in [6.45, 7) is 4.42. The maximum Gasteiger partial charge on any atom is 0.338 e. The fraction of sp³-hybridized carbons (Fsp3) is 0.217. The molecule has 0 aliphatic carbocycles. The lowest BCUT2D eigenvalue weighted by Gasteiger charge is -2.09. The van der Waals surface area contributed by atoms with Crippen LogP contribution < -0.4 is 0 Å². The minimum Gasteiger partial charge on any atom is -0.465 e. The minimum absolute atomic E-state index is 0.302. The molecular weight excluding hydrogens is 340 g/mol. The second kappa shape index (κ2) is 8.04. The topological polar surface area (TPSA) is 52.6 Å². The number of carbonyl (C=O) groups excluding carboxylic acids is 2. The van der Waals surface area contributed by atoms with Gasteiger partial charge in [-0.3, -0.25) is 0 Å². The molecule has 0 saturated carbocycles. The Morgan fingerprint density at radius 1 is 0.778 bits per heavy atom. The molecule has 0 fully saturated rings. The van der Waals surface area contributed by atoms with Crippen molar-refractivity contribution in [1.82, 2.24) is 0 Å². The molecule has 3 aromatic rings. The zero-order valence-corrected chi connectivity index (χ0v) is 15.7. The molecule has 0 aliphatic rings. The number of benzene rings is 3. The molecule has 0 bridgehead atoms. The average molecular weight is 362 g/mol. The molecule has 0 aromatic heterocycles. The first-order valence-electron chi connectivity index (χ1n) is 8.87. The Bertz CT molecular complexity index is 971. The molecule has 0 unspecified atom stereocenters. The van der Waals surface area contributed by atoms with E-state index in [-0.39, 0.29) is 11.9 Å². The first-order valence-corrected chi connectivity index (χ1v) is 8.87. The van der Waals surface area contributed by atoms with Gasteiger partial charge in [-0.1, -0.05) is 44.2 Å². The summed E-state index contributed by atoms with van der Waals surface area (Å²) < 4.78 is 10.0. The molecule has 0 spiro atoms. The predicted molar refractivity (Wildman–Crippen MR) is 106 cm³/mol. The van der Waals surface area contributed by atoms with Gasteiger partial charge in [0, 0.05) is 0 Å². The number of methoxy groups -OCH3 is 1. The summed E-state index contributed by atoms with van der Waals surface area (Å²) in [6, 6.07) is 18.9. The maximum atomic E-state index is 12.0. The SMILES string of the molecule is COC(=O)c1ccc2cc(-c3ccc(C(=O)OCC(C)C)cc3)ccc2c1. The van der Waals surface area contributed by atoms with Crippen molar-refractivity contribution in [3.05, 3.63) is 71.8 Å². The van der Waals surface area contributed by atoms with E-state index in [9.17, 15) is 9.59 Å². The molecule has 3 aromatic carbocycles. The standard InChI is InChI=1S/C23H22O4/c1-15(2)14-27-23(25)17-6-4-16(5-7-17)18-8-9-20-13-21(22(24)26-3)11-10-19(20)12-18/h4-13,15H,14H2,1-3H3. The van der Waals surface area contributed by atoms with Crippen LogP contribution in [0.25, 0.3) is 21.9 Å². The normalized spacial score (nSPS) is 10.8. The van der Waals surface area contributed by atoms with Crippen LogP contribution in [0.5, 0.6) is 0 Å². The van der Waals surface area contributed by atoms with Crippen LogP contribution in [0.4, 0.5) is 0 Å². The third-order valence-electron chi connectivity index (χ3n) is 4.26. The van der Waals surface area contributed by atoms with E-state index >= 15 is 0 Å². The monoisotopic (exact) mass is 362 g/mol. The van der Waals surface area contributed by atoms with E-state index < -0.39 is 0 Å². The minimum atomic E-state index is -0.346. The number of esters is 2. The van der Waals surface area contributed by atoms with Crippen LogP contribution in [0.2, 0.25) is 0 Å². The second-order valence-electron chi connectivity index (χ2n) is 6.84. The molecule has 4 nitrogen and oxygen atoms in total. The van der Waals surface area contributed by atoms with Crippen LogP contribution in [-0.2, 0) is 9.47 Å². The van der Waals surface area contributed by atoms with E-state index in [1.54, 1.807) is 18.2 Å². The Morgan fingerprint density at radius 2 is 1.37 bits per heavy atom. The Labute approximate surface area is 158 Å². The number of hydrogen-bond acceptors (Lipinski definition) is 4. The molecule has 138 valence electrons. The van der Waals surface area contributed by atoms with E-state index in [0.717, 1.165) is 21.9 Å². The third kappa shape index (κ3) is 4.34. The first kappa shape index (κ1) is 18.6. The number of fused-ring (bicyclic) bond motifs is 1. The fourth-order valence-electron chi connectivity index (χ4n) is 2.79. The van der Waals surface area contributed by atoms with Gasteiger partial charge in [-0.2, -0.15) is 0 Å². The summed E-state index contributed by atoms with van der Waals surface area (Å²) in [5.41, 5.74) is 3.12. The zero-order valence-electron chi connectivity index (χ0n) is 15.7. The molecular formula is C23H22O4. The van der Waals surface area contributed by atoms with E-state index in [1.807, 2.05) is 50.2 Å². The molecule has 27 heavy (non-hydrogen) atoms. The number of hydrogen-bond donors (Lipinski definition) is 0. The molecule has 0 aliphatic heterocycles. The summed E-state index contributed by atoms with van der Waals surface area (Å²) in [5.74, 6) is -0.337. The van der Waals surface area contributed by atoms with Gasteiger partial charge in [0.05, 0.1) is 24.8 Å². The van der Waals surface area contributed by atoms with Gasteiger partial charge in [-0.15, -0.1) is 0 Å². The number of rotatable bonds is 5. The van der Waals surface area contributed by atoms with Crippen LogP contribution in [-0.4, -0.2) is 25.7 Å². The molecule has 0 amide bonds. The summed E-state index contributed by atoms with van der Waals surface area (Å²) in [6.07, 6.45) is 0. The highest BCUT2D eigenvalue weighted by molar-refractivity contribution is 5.96. The Kier molecular flexibility index (Phi) is 5.55. The third-order valence-corrected chi connectivity index (χ3v) is 4.26. The van der Waals surface area contributed by atoms with Crippen LogP contribution in [0, 0.1) is 5.92 Å². The van der Waals surface area contributed by atoms with Crippen molar-refractivity contribution in [2.75, 3.05) is 13.7 Å². The molecule has 0 heterocycles. The van der Waals surface area contributed by atoms with Crippen molar-refractivity contribution in [1.29, 1.82) is 0 Å². The number of carbonyl (C=O) groups is 2. The lowest BCUT2D eigenvalue weighted by atomic mass is 9.99. The highest BCUT2D eigenvalue weighted by Gasteiger charge is 2.10. The van der Waals surface area contributed by atoms with E-state index in [2.05, 4.69) is 6.07 Å². The molecule has 3 rings (SSSR count). The van der Waals surface area contributed by atoms with Gasteiger partial charge < -0.3 is 9.47 Å². The zero-order chi connectivity index (χ0) is 19.4. The van der Waals surface area contributed by atoms with Crippen molar-refractivity contribution in [2.24, 2.45) is 5.92 Å². The summed E-state index contributed by atoms with van der Waals surface area (Å²) in [4.78, 5) is 23.7. The molecule has 0 N–H and O–H groups in total. The molecule has 0 saturated heterocycles. The van der Waals surface area contributed by atoms with Crippen LogP contribution >= 0.6 is 0 Å². The second-order valence-corrected chi connectivity index (χ2v) is 6.84. The van der Waals surface area contributed by atoms with Gasteiger partial charge >= 0.3 is 11.9 Å². The van der Waals surface area contributed by atoms with Gasteiger partial charge in [0.25, 0.3) is 0 Å². The van der Waals surface area contributed by atoms with E-state index in [0.29, 0.717) is 23.7 Å². The van der Waals surface area contributed by atoms with Crippen LogP contribution in [0.15, 0.2) is 60.7 Å². The Morgan fingerprint density at radius 3 is 2.04 bits per heavy atom. The van der Waals surface area contributed by atoms with Gasteiger partial charge in [0.15, 0.2) is 0 Å². The van der Waals surface area contributed by atoms with Crippen molar-refractivity contribution < 1.29 is 19.1 Å². The fourth-order valence-corrected chi connectivity index (χ4v) is 2.79. The number of ether oxygens (including phenoxy) is 2. The molecule has 0 atom stereocenters. The highest BCUT2D eigenvalue weighted by atomic mass is 16.5. The van der Waals surface area contributed by atoms with Crippen molar-refractivity contribution in [3.63, 3.8) is 0 Å². The summed E-state index contributed by atoms with van der Waals surface area (Å²) >= 11 is 0. The Hall–Kier alpha value is -3.14. The van der Waals surface area contributed by atoms with Gasteiger partial charge in [-0.25, -0.2) is 9.59 Å². The van der Waals surface area contributed by atoms with Gasteiger partial charge in [-0.05, 0) is 58.1 Å². The van der Waals surface area contributed by atoms with Crippen molar-refractivity contribution >= 4 is 22.7 Å². The molecule has 4 heteroatoms. The maximum absolute atomic E-state index is 12.0. The van der Waals surface area contributed by atoms with Crippen molar-refractivity contribution in [3.8, 4) is 11.1 Å². The quantitative estimate of drug-likeness (QED) is 0.592.